The summed E-state index contributed by atoms with van der Waals surface area (Å²) in [6, 6.07) is 0. The van der Waals surface area contributed by atoms with Crippen LogP contribution in [0.3, 0.4) is 0 Å². The number of nitrogens with one attached hydrogen (secondary N) is 1. The second-order valence-electron chi connectivity index (χ2n) is 2.86. The summed E-state index contributed by atoms with van der Waals surface area (Å²) < 4.78 is 0. The molecule has 0 bridgehead atoms. The molecule has 0 spiro atoms. The van der Waals surface area contributed by atoms with Gasteiger partial charge in [-0.3, -0.25) is 4.79 Å². The first kappa shape index (κ1) is 8.97. The number of imidazole rings is 1. The van der Waals surface area contributed by atoms with E-state index in [0.717, 1.165) is 25.0 Å². The molecule has 0 fully saturated rings. The van der Waals surface area contributed by atoms with Crippen LogP contribution in [0.1, 0.15) is 42.5 Å². The number of carbonyl (C=O) groups excluding carboxylic acids is 1. The van der Waals surface area contributed by atoms with Gasteiger partial charge in [-0.1, -0.05) is 19.8 Å². The van der Waals surface area contributed by atoms with Gasteiger partial charge < -0.3 is 4.98 Å². The quantitative estimate of drug-likeness (QED) is 0.536. The van der Waals surface area contributed by atoms with E-state index in [1.165, 1.54) is 12.8 Å². The molecule has 3 nitrogen and oxygen atoms in total. The SMILES string of the molecule is CCCCCc1ncc(C=O)[nH]1. The Balaban J connectivity index is 2.36. The number of unbranched alkanes of at least 4 members (excludes halogenated alkanes) is 2. The lowest BCUT2D eigenvalue weighted by atomic mass is 10.2. The third-order valence-corrected chi connectivity index (χ3v) is 1.79. The van der Waals surface area contributed by atoms with Gasteiger partial charge in [-0.15, -0.1) is 0 Å². The van der Waals surface area contributed by atoms with E-state index in [4.69, 9.17) is 0 Å². The third-order valence-electron chi connectivity index (χ3n) is 1.79. The highest BCUT2D eigenvalue weighted by molar-refractivity contribution is 5.71. The van der Waals surface area contributed by atoms with Crippen LogP contribution >= 0.6 is 0 Å². The van der Waals surface area contributed by atoms with Crippen molar-refractivity contribution >= 4 is 6.29 Å². The number of nitrogens with zero attached hydrogens (tertiary/aromatic N) is 1. The summed E-state index contributed by atoms with van der Waals surface area (Å²) >= 11 is 0. The Morgan fingerprint density at radius 1 is 1.58 bits per heavy atom. The van der Waals surface area contributed by atoms with Gasteiger partial charge in [0.25, 0.3) is 0 Å². The number of aryl methyl sites for hydroxylation is 1. The summed E-state index contributed by atoms with van der Waals surface area (Å²) in [4.78, 5) is 17.3. The van der Waals surface area contributed by atoms with Crippen molar-refractivity contribution in [2.45, 2.75) is 32.6 Å². The zero-order valence-corrected chi connectivity index (χ0v) is 7.34. The van der Waals surface area contributed by atoms with Crippen LogP contribution in [-0.2, 0) is 6.42 Å². The van der Waals surface area contributed by atoms with Crippen LogP contribution in [0.4, 0.5) is 0 Å². The van der Waals surface area contributed by atoms with Gasteiger partial charge in [0.1, 0.15) is 5.82 Å². The van der Waals surface area contributed by atoms with Gasteiger partial charge >= 0.3 is 0 Å². The van der Waals surface area contributed by atoms with Crippen molar-refractivity contribution < 1.29 is 4.79 Å². The number of aldehydes is 1. The van der Waals surface area contributed by atoms with Crippen molar-refractivity contribution in [3.8, 4) is 0 Å². The van der Waals surface area contributed by atoms with Crippen LogP contribution in [0, 0.1) is 0 Å². The Morgan fingerprint density at radius 3 is 3.00 bits per heavy atom. The van der Waals surface area contributed by atoms with Gasteiger partial charge in [-0.25, -0.2) is 4.98 Å². The van der Waals surface area contributed by atoms with Crippen LogP contribution < -0.4 is 0 Å². The molecule has 0 radical (unpaired) electrons. The number of aromatic amines is 1. The molecule has 0 aliphatic rings. The molecule has 66 valence electrons. The summed E-state index contributed by atoms with van der Waals surface area (Å²) in [7, 11) is 0. The Labute approximate surface area is 72.2 Å². The van der Waals surface area contributed by atoms with Gasteiger partial charge in [0.15, 0.2) is 6.29 Å². The van der Waals surface area contributed by atoms with Gasteiger partial charge in [0.2, 0.25) is 0 Å². The first-order valence-corrected chi connectivity index (χ1v) is 4.36. The van der Waals surface area contributed by atoms with Crippen molar-refractivity contribution in [2.75, 3.05) is 0 Å². The molecular formula is C9H14N2O. The fourth-order valence-electron chi connectivity index (χ4n) is 1.11. The molecule has 0 saturated heterocycles. The van der Waals surface area contributed by atoms with Crippen LogP contribution in [0.5, 0.6) is 0 Å². The molecule has 12 heavy (non-hydrogen) atoms. The maximum atomic E-state index is 10.3. The minimum absolute atomic E-state index is 0.571. The average molecular weight is 166 g/mol. The molecule has 1 N–H and O–H groups in total. The summed E-state index contributed by atoms with van der Waals surface area (Å²) in [5.41, 5.74) is 0.571. The Bertz CT molecular complexity index is 242. The first-order chi connectivity index (χ1) is 5.86. The maximum Gasteiger partial charge on any atom is 0.167 e. The standard InChI is InChI=1S/C9H14N2O/c1-2-3-4-5-9-10-6-8(7-12)11-9/h6-7H,2-5H2,1H3,(H,10,11). The normalized spacial score (nSPS) is 10.1. The highest BCUT2D eigenvalue weighted by Crippen LogP contribution is 2.02. The zero-order chi connectivity index (χ0) is 8.81. The second-order valence-corrected chi connectivity index (χ2v) is 2.86. The number of hydrogen-bond acceptors (Lipinski definition) is 2. The van der Waals surface area contributed by atoms with Gasteiger partial charge in [0.05, 0.1) is 11.9 Å². The minimum atomic E-state index is 0.571. The summed E-state index contributed by atoms with van der Waals surface area (Å²) in [5, 5.41) is 0. The van der Waals surface area contributed by atoms with Crippen LogP contribution in [0.15, 0.2) is 6.20 Å². The van der Waals surface area contributed by atoms with Crippen LogP contribution in [-0.4, -0.2) is 16.3 Å². The molecule has 0 aromatic carbocycles. The van der Waals surface area contributed by atoms with Crippen LogP contribution in [0.25, 0.3) is 0 Å². The summed E-state index contributed by atoms with van der Waals surface area (Å²) in [6.45, 7) is 2.17. The van der Waals surface area contributed by atoms with E-state index in [0.29, 0.717) is 5.69 Å². The van der Waals surface area contributed by atoms with Crippen molar-refractivity contribution in [1.82, 2.24) is 9.97 Å². The lowest BCUT2D eigenvalue weighted by molar-refractivity contribution is 0.111. The number of rotatable bonds is 5. The highest BCUT2D eigenvalue weighted by Gasteiger charge is 1.97. The van der Waals surface area contributed by atoms with E-state index in [1.54, 1.807) is 6.20 Å². The predicted molar refractivity (Wildman–Crippen MR) is 47.2 cm³/mol. The lowest BCUT2D eigenvalue weighted by Gasteiger charge is -1.93. The summed E-state index contributed by atoms with van der Waals surface area (Å²) in [5.74, 6) is 0.922. The van der Waals surface area contributed by atoms with E-state index >= 15 is 0 Å². The molecular weight excluding hydrogens is 152 g/mol. The molecule has 0 aliphatic carbocycles. The van der Waals surface area contributed by atoms with Crippen molar-refractivity contribution in [1.29, 1.82) is 0 Å². The smallest absolute Gasteiger partial charge is 0.167 e. The number of hydrogen-bond donors (Lipinski definition) is 1. The Hall–Kier alpha value is -1.12. The molecule has 1 aromatic rings. The fourth-order valence-corrected chi connectivity index (χ4v) is 1.11. The lowest BCUT2D eigenvalue weighted by Crippen LogP contribution is -1.88. The Morgan fingerprint density at radius 2 is 2.42 bits per heavy atom. The number of carbonyl (C=O) groups is 1. The highest BCUT2D eigenvalue weighted by atomic mass is 16.1. The second kappa shape index (κ2) is 4.70. The van der Waals surface area contributed by atoms with Crippen molar-refractivity contribution in [3.05, 3.63) is 17.7 Å². The molecule has 0 aliphatic heterocycles. The topological polar surface area (TPSA) is 45.8 Å². The zero-order valence-electron chi connectivity index (χ0n) is 7.34. The third kappa shape index (κ3) is 2.49. The van der Waals surface area contributed by atoms with Gasteiger partial charge in [0, 0.05) is 6.42 Å². The molecule has 1 rings (SSSR count). The maximum absolute atomic E-state index is 10.3. The van der Waals surface area contributed by atoms with Crippen LogP contribution in [0.2, 0.25) is 0 Å². The molecule has 3 heteroatoms. The number of aromatic nitrogens is 2. The van der Waals surface area contributed by atoms with E-state index in [-0.39, 0.29) is 0 Å². The fraction of sp³-hybridized carbons (Fsp3) is 0.556. The van der Waals surface area contributed by atoms with Gasteiger partial charge in [-0.05, 0) is 6.42 Å². The molecule has 0 saturated carbocycles. The molecule has 0 atom stereocenters. The molecule has 1 aromatic heterocycles. The minimum Gasteiger partial charge on any atom is -0.340 e. The molecule has 0 unspecified atom stereocenters. The molecule has 1 heterocycles. The van der Waals surface area contributed by atoms with E-state index in [9.17, 15) is 4.79 Å². The molecule has 0 amide bonds. The van der Waals surface area contributed by atoms with Gasteiger partial charge in [-0.2, -0.15) is 0 Å². The monoisotopic (exact) mass is 166 g/mol. The summed E-state index contributed by atoms with van der Waals surface area (Å²) in [6.07, 6.45) is 6.88. The van der Waals surface area contributed by atoms with E-state index < -0.39 is 0 Å². The van der Waals surface area contributed by atoms with E-state index in [2.05, 4.69) is 16.9 Å². The first-order valence-electron chi connectivity index (χ1n) is 4.36. The Kier molecular flexibility index (Phi) is 3.51. The predicted octanol–water partition coefficient (Wildman–Crippen LogP) is 1.95. The van der Waals surface area contributed by atoms with E-state index in [1.807, 2.05) is 0 Å². The van der Waals surface area contributed by atoms with Crippen molar-refractivity contribution in [2.24, 2.45) is 0 Å². The average Bonchev–Trinajstić information content (AvgIpc) is 2.53. The van der Waals surface area contributed by atoms with Crippen molar-refractivity contribution in [3.63, 3.8) is 0 Å². The largest absolute Gasteiger partial charge is 0.340 e. The number of H-pyrrole nitrogens is 1.